The summed E-state index contributed by atoms with van der Waals surface area (Å²) in [6, 6.07) is 12.9. The zero-order valence-electron chi connectivity index (χ0n) is 11.6. The van der Waals surface area contributed by atoms with E-state index in [4.69, 9.17) is 16.6 Å². The molecule has 3 nitrogen and oxygen atoms in total. The van der Waals surface area contributed by atoms with Crippen LogP contribution in [-0.2, 0) is 6.67 Å². The number of hydrogen-bond donors (Lipinski definition) is 0. The Morgan fingerprint density at radius 1 is 1.24 bits per heavy atom. The number of likely N-dealkylation sites (tertiary alicyclic amines) is 1. The van der Waals surface area contributed by atoms with Crippen molar-refractivity contribution in [1.29, 1.82) is 0 Å². The molecule has 0 aliphatic carbocycles. The summed E-state index contributed by atoms with van der Waals surface area (Å²) in [4.78, 5) is 4.52. The Balaban J connectivity index is 1.68. The van der Waals surface area contributed by atoms with Gasteiger partial charge in [-0.1, -0.05) is 18.2 Å². The largest absolute Gasteiger partial charge is 0.429 e. The topological polar surface area (TPSA) is 21.3 Å². The second-order valence-corrected chi connectivity index (χ2v) is 6.72. The third-order valence-electron chi connectivity index (χ3n) is 4.13. The SMILES string of the molecule is S=c1oc2ccccc2n1CN1CCCC1c1cccs1. The maximum atomic E-state index is 5.69. The van der Waals surface area contributed by atoms with Crippen molar-refractivity contribution in [3.05, 3.63) is 51.5 Å². The van der Waals surface area contributed by atoms with Crippen molar-refractivity contribution in [3.8, 4) is 0 Å². The molecule has 0 amide bonds. The Kier molecular flexibility index (Phi) is 3.41. The molecule has 0 saturated carbocycles. The number of thiophene rings is 1. The van der Waals surface area contributed by atoms with Gasteiger partial charge in [-0.05, 0) is 48.6 Å². The number of fused-ring (bicyclic) bond motifs is 1. The fraction of sp³-hybridized carbons (Fsp3) is 0.312. The molecule has 1 atom stereocenters. The maximum absolute atomic E-state index is 5.69. The third kappa shape index (κ3) is 2.35. The zero-order chi connectivity index (χ0) is 14.2. The van der Waals surface area contributed by atoms with Crippen LogP contribution < -0.4 is 0 Å². The lowest BCUT2D eigenvalue weighted by molar-refractivity contribution is 0.203. The quantitative estimate of drug-likeness (QED) is 0.647. The monoisotopic (exact) mass is 316 g/mol. The van der Waals surface area contributed by atoms with Gasteiger partial charge >= 0.3 is 0 Å². The van der Waals surface area contributed by atoms with Gasteiger partial charge in [-0.3, -0.25) is 9.47 Å². The lowest BCUT2D eigenvalue weighted by Crippen LogP contribution is -2.25. The van der Waals surface area contributed by atoms with Crippen molar-refractivity contribution in [1.82, 2.24) is 9.47 Å². The van der Waals surface area contributed by atoms with Crippen molar-refractivity contribution >= 4 is 34.7 Å². The highest BCUT2D eigenvalue weighted by Crippen LogP contribution is 2.35. The fourth-order valence-corrected chi connectivity index (χ4v) is 4.27. The average Bonchev–Trinajstić information content (AvgIpc) is 3.20. The summed E-state index contributed by atoms with van der Waals surface area (Å²) in [6.45, 7) is 1.92. The van der Waals surface area contributed by atoms with Gasteiger partial charge in [-0.25, -0.2) is 0 Å². The van der Waals surface area contributed by atoms with E-state index in [0.29, 0.717) is 10.9 Å². The second kappa shape index (κ2) is 5.40. The summed E-state index contributed by atoms with van der Waals surface area (Å²) in [5, 5.41) is 2.16. The number of hydrogen-bond acceptors (Lipinski definition) is 4. The molecule has 1 saturated heterocycles. The molecule has 0 N–H and O–H groups in total. The number of rotatable bonds is 3. The average molecular weight is 316 g/mol. The van der Waals surface area contributed by atoms with Crippen LogP contribution in [0.15, 0.2) is 46.2 Å². The van der Waals surface area contributed by atoms with Crippen LogP contribution in [0.2, 0.25) is 0 Å². The van der Waals surface area contributed by atoms with E-state index in [0.717, 1.165) is 24.3 Å². The van der Waals surface area contributed by atoms with Crippen LogP contribution in [-0.4, -0.2) is 16.0 Å². The first kappa shape index (κ1) is 13.2. The van der Waals surface area contributed by atoms with Crippen LogP contribution in [0.25, 0.3) is 11.1 Å². The summed E-state index contributed by atoms with van der Waals surface area (Å²) < 4.78 is 7.80. The van der Waals surface area contributed by atoms with E-state index in [9.17, 15) is 0 Å². The number of oxazole rings is 1. The number of nitrogens with zero attached hydrogens (tertiary/aromatic N) is 2. The molecule has 21 heavy (non-hydrogen) atoms. The highest BCUT2D eigenvalue weighted by atomic mass is 32.1. The summed E-state index contributed by atoms with van der Waals surface area (Å²) >= 11 is 7.24. The van der Waals surface area contributed by atoms with Gasteiger partial charge in [0.2, 0.25) is 0 Å². The standard InChI is InChI=1S/C16H16N2OS2/c20-16-18(12-5-1-2-7-14(12)19-16)11-17-9-3-6-13(17)15-8-4-10-21-15/h1-2,4-5,7-8,10,13H,3,6,9,11H2. The Hall–Kier alpha value is -1.43. The van der Waals surface area contributed by atoms with Crippen LogP contribution >= 0.6 is 23.6 Å². The molecule has 0 radical (unpaired) electrons. The number of aromatic nitrogens is 1. The smallest absolute Gasteiger partial charge is 0.270 e. The molecule has 0 bridgehead atoms. The molecule has 0 spiro atoms. The molecule has 3 aromatic rings. The first-order chi connectivity index (χ1) is 10.3. The molecule has 4 rings (SSSR count). The molecule has 2 aromatic heterocycles. The normalized spacial score (nSPS) is 19.5. The van der Waals surface area contributed by atoms with Gasteiger partial charge in [-0.2, -0.15) is 0 Å². The number of benzene rings is 1. The molecule has 1 aliphatic rings. The number of para-hydroxylation sites is 2. The summed E-state index contributed by atoms with van der Waals surface area (Å²) in [5.41, 5.74) is 1.95. The first-order valence-electron chi connectivity index (χ1n) is 7.19. The van der Waals surface area contributed by atoms with Gasteiger partial charge < -0.3 is 4.42 Å². The first-order valence-corrected chi connectivity index (χ1v) is 8.47. The van der Waals surface area contributed by atoms with Crippen molar-refractivity contribution in [2.75, 3.05) is 6.54 Å². The fourth-order valence-electron chi connectivity index (χ4n) is 3.13. The van der Waals surface area contributed by atoms with Gasteiger partial charge in [0.1, 0.15) is 0 Å². The Labute approximate surface area is 132 Å². The van der Waals surface area contributed by atoms with Crippen molar-refractivity contribution in [3.63, 3.8) is 0 Å². The van der Waals surface area contributed by atoms with Crippen LogP contribution in [0.3, 0.4) is 0 Å². The molecule has 1 aliphatic heterocycles. The Bertz CT molecular complexity index is 803. The van der Waals surface area contributed by atoms with Crippen LogP contribution in [0.5, 0.6) is 0 Å². The van der Waals surface area contributed by atoms with E-state index in [1.54, 1.807) is 0 Å². The van der Waals surface area contributed by atoms with Gasteiger partial charge in [0.15, 0.2) is 5.58 Å². The van der Waals surface area contributed by atoms with Crippen molar-refractivity contribution in [2.45, 2.75) is 25.6 Å². The highest BCUT2D eigenvalue weighted by molar-refractivity contribution is 7.71. The highest BCUT2D eigenvalue weighted by Gasteiger charge is 2.27. The Morgan fingerprint density at radius 2 is 2.14 bits per heavy atom. The third-order valence-corrected chi connectivity index (χ3v) is 5.41. The van der Waals surface area contributed by atoms with Gasteiger partial charge in [0, 0.05) is 17.5 Å². The lowest BCUT2D eigenvalue weighted by Gasteiger charge is -2.23. The zero-order valence-corrected chi connectivity index (χ0v) is 13.2. The van der Waals surface area contributed by atoms with E-state index in [1.165, 1.54) is 17.7 Å². The molecule has 1 unspecified atom stereocenters. The van der Waals surface area contributed by atoms with E-state index < -0.39 is 0 Å². The minimum absolute atomic E-state index is 0.514. The molecular formula is C16H16N2OS2. The van der Waals surface area contributed by atoms with Crippen molar-refractivity contribution in [2.24, 2.45) is 0 Å². The van der Waals surface area contributed by atoms with Crippen LogP contribution in [0.1, 0.15) is 23.8 Å². The Morgan fingerprint density at radius 3 is 3.00 bits per heavy atom. The van der Waals surface area contributed by atoms with Crippen molar-refractivity contribution < 1.29 is 4.42 Å². The molecular weight excluding hydrogens is 300 g/mol. The van der Waals surface area contributed by atoms with Crippen LogP contribution in [0, 0.1) is 4.84 Å². The van der Waals surface area contributed by atoms with Gasteiger partial charge in [0.05, 0.1) is 12.2 Å². The van der Waals surface area contributed by atoms with Gasteiger partial charge in [0.25, 0.3) is 4.84 Å². The van der Waals surface area contributed by atoms with E-state index in [2.05, 4.69) is 33.0 Å². The molecule has 1 fully saturated rings. The summed E-state index contributed by atoms with van der Waals surface area (Å²) in [7, 11) is 0. The molecule has 108 valence electrons. The summed E-state index contributed by atoms with van der Waals surface area (Å²) in [6.07, 6.45) is 2.47. The molecule has 5 heteroatoms. The van der Waals surface area contributed by atoms with Gasteiger partial charge in [-0.15, -0.1) is 11.3 Å². The van der Waals surface area contributed by atoms with E-state index >= 15 is 0 Å². The molecule has 1 aromatic carbocycles. The predicted octanol–water partition coefficient (Wildman–Crippen LogP) is 4.82. The lowest BCUT2D eigenvalue weighted by atomic mass is 10.2. The molecule has 3 heterocycles. The predicted molar refractivity (Wildman–Crippen MR) is 88.0 cm³/mol. The van der Waals surface area contributed by atoms with E-state index in [-0.39, 0.29) is 0 Å². The minimum Gasteiger partial charge on any atom is -0.429 e. The summed E-state index contributed by atoms with van der Waals surface area (Å²) in [5.74, 6) is 0. The van der Waals surface area contributed by atoms with E-state index in [1.807, 2.05) is 29.5 Å². The van der Waals surface area contributed by atoms with Crippen LogP contribution in [0.4, 0.5) is 0 Å². The second-order valence-electron chi connectivity index (χ2n) is 5.39. The maximum Gasteiger partial charge on any atom is 0.270 e. The minimum atomic E-state index is 0.514.